The summed E-state index contributed by atoms with van der Waals surface area (Å²) in [5.41, 5.74) is 2.25. The number of rotatable bonds is 4. The summed E-state index contributed by atoms with van der Waals surface area (Å²) in [4.78, 5) is 9.55. The van der Waals surface area contributed by atoms with Gasteiger partial charge < -0.3 is 19.3 Å². The van der Waals surface area contributed by atoms with Crippen molar-refractivity contribution in [1.29, 1.82) is 0 Å². The minimum Gasteiger partial charge on any atom is -0.497 e. The third-order valence-electron chi connectivity index (χ3n) is 4.55. The van der Waals surface area contributed by atoms with Gasteiger partial charge in [-0.3, -0.25) is 0 Å². The van der Waals surface area contributed by atoms with Crippen LogP contribution in [0, 0.1) is 0 Å². The predicted molar refractivity (Wildman–Crippen MR) is 104 cm³/mol. The van der Waals surface area contributed by atoms with Crippen molar-refractivity contribution >= 4 is 32.4 Å². The highest BCUT2D eigenvalue weighted by atomic mass is 32.1. The molecule has 2 heterocycles. The minimum absolute atomic E-state index is 0.880. The van der Waals surface area contributed by atoms with Crippen molar-refractivity contribution in [2.45, 2.75) is 0 Å². The first-order valence-electron chi connectivity index (χ1n) is 8.35. The van der Waals surface area contributed by atoms with Crippen LogP contribution in [0.4, 0.5) is 10.8 Å². The number of fused-ring (bicyclic) bond motifs is 1. The zero-order valence-electron chi connectivity index (χ0n) is 14.4. The maximum atomic E-state index is 5.33. The first-order chi connectivity index (χ1) is 12.3. The van der Waals surface area contributed by atoms with Gasteiger partial charge in [0.2, 0.25) is 0 Å². The molecule has 1 saturated heterocycles. The van der Waals surface area contributed by atoms with E-state index in [0.29, 0.717) is 0 Å². The number of nitrogens with zero attached hydrogens (tertiary/aromatic N) is 3. The molecule has 4 rings (SSSR count). The van der Waals surface area contributed by atoms with Gasteiger partial charge in [-0.15, -0.1) is 0 Å². The first kappa shape index (κ1) is 16.0. The fourth-order valence-corrected chi connectivity index (χ4v) is 4.16. The number of thiazole rings is 1. The molecular formula is C19H21N3O2S. The van der Waals surface area contributed by atoms with Gasteiger partial charge in [0.15, 0.2) is 5.13 Å². The van der Waals surface area contributed by atoms with Crippen LogP contribution in [0.1, 0.15) is 0 Å². The quantitative estimate of drug-likeness (QED) is 0.714. The molecule has 0 amide bonds. The van der Waals surface area contributed by atoms with E-state index in [1.165, 1.54) is 10.4 Å². The Kier molecular flexibility index (Phi) is 4.36. The Morgan fingerprint density at radius 2 is 1.60 bits per heavy atom. The van der Waals surface area contributed by atoms with Crippen molar-refractivity contribution in [3.63, 3.8) is 0 Å². The number of benzene rings is 2. The lowest BCUT2D eigenvalue weighted by Crippen LogP contribution is -2.46. The lowest BCUT2D eigenvalue weighted by molar-refractivity contribution is 0.414. The van der Waals surface area contributed by atoms with E-state index in [4.69, 9.17) is 14.5 Å². The van der Waals surface area contributed by atoms with E-state index >= 15 is 0 Å². The third-order valence-corrected chi connectivity index (χ3v) is 5.63. The molecule has 25 heavy (non-hydrogen) atoms. The number of hydrogen-bond donors (Lipinski definition) is 0. The molecule has 0 N–H and O–H groups in total. The van der Waals surface area contributed by atoms with Gasteiger partial charge in [0.1, 0.15) is 11.5 Å². The number of methoxy groups -OCH3 is 2. The van der Waals surface area contributed by atoms with Crippen LogP contribution in [0.25, 0.3) is 10.2 Å². The smallest absolute Gasteiger partial charge is 0.186 e. The van der Waals surface area contributed by atoms with Crippen molar-refractivity contribution in [2.24, 2.45) is 0 Å². The van der Waals surface area contributed by atoms with Crippen molar-refractivity contribution in [3.8, 4) is 11.5 Å². The summed E-state index contributed by atoms with van der Waals surface area (Å²) in [7, 11) is 3.40. The average molecular weight is 355 g/mol. The molecule has 130 valence electrons. The minimum atomic E-state index is 0.880. The van der Waals surface area contributed by atoms with Crippen LogP contribution in [0.5, 0.6) is 11.5 Å². The van der Waals surface area contributed by atoms with Gasteiger partial charge in [-0.25, -0.2) is 4.98 Å². The summed E-state index contributed by atoms with van der Waals surface area (Å²) >= 11 is 1.73. The fourth-order valence-electron chi connectivity index (χ4n) is 3.12. The van der Waals surface area contributed by atoms with Gasteiger partial charge >= 0.3 is 0 Å². The maximum absolute atomic E-state index is 5.33. The van der Waals surface area contributed by atoms with Crippen LogP contribution in [0.3, 0.4) is 0 Å². The van der Waals surface area contributed by atoms with Gasteiger partial charge in [0.25, 0.3) is 0 Å². The van der Waals surface area contributed by atoms with E-state index in [1.54, 1.807) is 25.6 Å². The second kappa shape index (κ2) is 6.80. The topological polar surface area (TPSA) is 37.8 Å². The third kappa shape index (κ3) is 3.22. The summed E-state index contributed by atoms with van der Waals surface area (Å²) in [6, 6.07) is 14.3. The average Bonchev–Trinajstić information content (AvgIpc) is 3.11. The first-order valence-corrected chi connectivity index (χ1v) is 9.17. The Labute approximate surface area is 151 Å². The van der Waals surface area contributed by atoms with Gasteiger partial charge in [0.05, 0.1) is 24.4 Å². The molecule has 6 heteroatoms. The molecule has 5 nitrogen and oxygen atoms in total. The molecule has 0 atom stereocenters. The Morgan fingerprint density at radius 3 is 2.36 bits per heavy atom. The predicted octanol–water partition coefficient (Wildman–Crippen LogP) is 3.64. The summed E-state index contributed by atoms with van der Waals surface area (Å²) in [5, 5.41) is 1.09. The summed E-state index contributed by atoms with van der Waals surface area (Å²) in [6.07, 6.45) is 0. The highest BCUT2D eigenvalue weighted by molar-refractivity contribution is 7.22. The van der Waals surface area contributed by atoms with Crippen molar-refractivity contribution in [3.05, 3.63) is 42.5 Å². The number of ether oxygens (including phenoxy) is 2. The fraction of sp³-hybridized carbons (Fsp3) is 0.316. The van der Waals surface area contributed by atoms with E-state index < -0.39 is 0 Å². The molecule has 0 spiro atoms. The molecule has 0 unspecified atom stereocenters. The van der Waals surface area contributed by atoms with Crippen LogP contribution in [0.2, 0.25) is 0 Å². The number of piperazine rings is 1. The molecule has 1 aromatic heterocycles. The Balaban J connectivity index is 1.48. The van der Waals surface area contributed by atoms with Crippen LogP contribution >= 0.6 is 11.3 Å². The molecule has 1 fully saturated rings. The zero-order valence-corrected chi connectivity index (χ0v) is 15.3. The van der Waals surface area contributed by atoms with E-state index in [-0.39, 0.29) is 0 Å². The van der Waals surface area contributed by atoms with E-state index in [1.807, 2.05) is 24.3 Å². The molecule has 0 saturated carbocycles. The normalized spacial score (nSPS) is 14.8. The van der Waals surface area contributed by atoms with Crippen LogP contribution in [-0.4, -0.2) is 45.4 Å². The van der Waals surface area contributed by atoms with Gasteiger partial charge in [-0.05, 0) is 30.3 Å². The summed E-state index contributed by atoms with van der Waals surface area (Å²) in [5.74, 6) is 1.78. The molecule has 1 aliphatic rings. The van der Waals surface area contributed by atoms with Gasteiger partial charge in [0, 0.05) is 37.9 Å². The number of anilines is 2. The molecular weight excluding hydrogens is 334 g/mol. The van der Waals surface area contributed by atoms with E-state index in [0.717, 1.165) is 48.3 Å². The second-order valence-corrected chi connectivity index (χ2v) is 7.01. The van der Waals surface area contributed by atoms with Crippen molar-refractivity contribution < 1.29 is 9.47 Å². The maximum Gasteiger partial charge on any atom is 0.186 e. The molecule has 1 aliphatic heterocycles. The Hall–Kier alpha value is -2.47. The molecule has 0 aliphatic carbocycles. The largest absolute Gasteiger partial charge is 0.497 e. The summed E-state index contributed by atoms with van der Waals surface area (Å²) in [6.45, 7) is 3.89. The van der Waals surface area contributed by atoms with Crippen molar-refractivity contribution in [2.75, 3.05) is 50.2 Å². The number of aromatic nitrogens is 1. The summed E-state index contributed by atoms with van der Waals surface area (Å²) < 4.78 is 11.8. The van der Waals surface area contributed by atoms with E-state index in [9.17, 15) is 0 Å². The van der Waals surface area contributed by atoms with Gasteiger partial charge in [-0.2, -0.15) is 0 Å². The SMILES string of the molecule is COc1cccc(N2CCN(c3nc4ccc(OC)cc4s3)CC2)c1. The van der Waals surface area contributed by atoms with Crippen LogP contribution < -0.4 is 19.3 Å². The van der Waals surface area contributed by atoms with E-state index in [2.05, 4.69) is 28.0 Å². The lowest BCUT2D eigenvalue weighted by Gasteiger charge is -2.36. The molecule has 0 bridgehead atoms. The van der Waals surface area contributed by atoms with Crippen molar-refractivity contribution in [1.82, 2.24) is 4.98 Å². The molecule has 0 radical (unpaired) electrons. The zero-order chi connectivity index (χ0) is 17.2. The van der Waals surface area contributed by atoms with Crippen LogP contribution in [0.15, 0.2) is 42.5 Å². The van der Waals surface area contributed by atoms with Crippen LogP contribution in [-0.2, 0) is 0 Å². The molecule has 2 aromatic carbocycles. The molecule has 3 aromatic rings. The number of hydrogen-bond acceptors (Lipinski definition) is 6. The second-order valence-electron chi connectivity index (χ2n) is 6.01. The lowest BCUT2D eigenvalue weighted by atomic mass is 10.2. The standard InChI is InChI=1S/C19H21N3O2S/c1-23-15-5-3-4-14(12-15)21-8-10-22(11-9-21)19-20-17-7-6-16(24-2)13-18(17)25-19/h3-7,12-13H,8-11H2,1-2H3. The Morgan fingerprint density at radius 1 is 0.880 bits per heavy atom. The Bertz CT molecular complexity index is 872. The monoisotopic (exact) mass is 355 g/mol. The highest BCUT2D eigenvalue weighted by Gasteiger charge is 2.20. The highest BCUT2D eigenvalue weighted by Crippen LogP contribution is 2.32. The van der Waals surface area contributed by atoms with Gasteiger partial charge in [-0.1, -0.05) is 17.4 Å².